The molecule has 6 heavy (non-hydrogen) atoms. The summed E-state index contributed by atoms with van der Waals surface area (Å²) in [5, 5.41) is 0. The van der Waals surface area contributed by atoms with Crippen molar-refractivity contribution in [3.63, 3.8) is 0 Å². The van der Waals surface area contributed by atoms with Gasteiger partial charge in [-0.05, 0) is 0 Å². The molecule has 0 rings (SSSR count). The number of hydrogen-bond acceptors (Lipinski definition) is 0. The predicted octanol–water partition coefficient (Wildman–Crippen LogP) is -15.0. The van der Waals surface area contributed by atoms with Crippen molar-refractivity contribution >= 4 is 0 Å². The molecule has 0 N–H and O–H groups in total. The van der Waals surface area contributed by atoms with Gasteiger partial charge in [0.25, 0.3) is 0 Å². The Hall–Kier alpha value is 3.49. The van der Waals surface area contributed by atoms with Gasteiger partial charge in [-0.1, -0.05) is 0 Å². The van der Waals surface area contributed by atoms with E-state index in [4.69, 9.17) is 0 Å². The van der Waals surface area contributed by atoms with Gasteiger partial charge in [-0.3, -0.25) is 0 Å². The summed E-state index contributed by atoms with van der Waals surface area (Å²) in [4.78, 5) is 0. The summed E-state index contributed by atoms with van der Waals surface area (Å²) in [5.41, 5.74) is 0. The summed E-state index contributed by atoms with van der Waals surface area (Å²) in [6.45, 7) is 0. The van der Waals surface area contributed by atoms with Crippen LogP contribution < -0.4 is 84.9 Å². The van der Waals surface area contributed by atoms with Crippen molar-refractivity contribution in [3.05, 3.63) is 0 Å². The average Bonchev–Trinajstić information content (AvgIpc) is 0. The molecule has 0 spiro atoms. The minimum atomic E-state index is 0. The van der Waals surface area contributed by atoms with E-state index < -0.39 is 0 Å². The summed E-state index contributed by atoms with van der Waals surface area (Å²) in [6.07, 6.45) is 0. The van der Waals surface area contributed by atoms with Gasteiger partial charge in [0.2, 0.25) is 0 Å². The van der Waals surface area contributed by atoms with E-state index in [0.29, 0.717) is 0 Å². The molecule has 0 fully saturated rings. The largest absolute Gasteiger partial charge is 1.00 e. The third kappa shape index (κ3) is 25.9. The van der Waals surface area contributed by atoms with Crippen LogP contribution in [0, 0.1) is 32.3 Å². The van der Waals surface area contributed by atoms with Crippen LogP contribution in [0.3, 0.4) is 0 Å². The zero-order chi connectivity index (χ0) is 0. The van der Waals surface area contributed by atoms with Crippen molar-refractivity contribution in [1.29, 1.82) is 0 Å². The van der Waals surface area contributed by atoms with E-state index in [1.807, 2.05) is 0 Å². The summed E-state index contributed by atoms with van der Waals surface area (Å²) >= 11 is 0. The molecule has 0 aromatic carbocycles. The molecule has 1 radical (unpaired) electrons. The summed E-state index contributed by atoms with van der Waals surface area (Å²) in [7, 11) is 0. The van der Waals surface area contributed by atoms with Crippen molar-refractivity contribution in [1.82, 2.24) is 0 Å². The maximum Gasteiger partial charge on any atom is 0 e. The molecule has 0 saturated carbocycles. The third-order valence-corrected chi connectivity index (χ3v) is 0. The van der Waals surface area contributed by atoms with E-state index in [1.165, 1.54) is 0 Å². The van der Waals surface area contributed by atoms with Crippen LogP contribution in [0.4, 0.5) is 0 Å². The molecule has 0 saturated heterocycles. The molecule has 0 heterocycles. The Bertz CT molecular complexity index is 3.90. The topological polar surface area (TPSA) is 0 Å². The predicted molar refractivity (Wildman–Crippen MR) is 0 cm³/mol. The van der Waals surface area contributed by atoms with Crippen LogP contribution in [0.25, 0.3) is 0 Å². The molecule has 0 nitrogen and oxygen atoms in total. The second-order valence-corrected chi connectivity index (χ2v) is 0. The van der Waals surface area contributed by atoms with Crippen molar-refractivity contribution in [2.24, 2.45) is 0 Å². The molecule has 0 aliphatic rings. The number of rotatable bonds is 0. The van der Waals surface area contributed by atoms with E-state index in [-0.39, 0.29) is 117 Å². The molecule has 0 aromatic heterocycles. The molecule has 0 aliphatic carbocycles. The van der Waals surface area contributed by atoms with Crippen LogP contribution in [0.1, 0.15) is 0 Å². The molecule has 6 heteroatoms. The third-order valence-electron chi connectivity index (χ3n) is 0. The van der Waals surface area contributed by atoms with E-state index in [9.17, 15) is 0 Å². The smallest absolute Gasteiger partial charge is 0 e. The quantitative estimate of drug-likeness (QED) is 0.250. The first kappa shape index (κ1) is 56.1. The Morgan fingerprint density at radius 1 is 0.333 bits per heavy atom. The fourth-order valence-electron chi connectivity index (χ4n) is 0. The Labute approximate surface area is 115 Å². The fraction of sp³-hybridized carbons (Fsp3) is 0. The van der Waals surface area contributed by atoms with E-state index in [0.717, 1.165) is 0 Å². The minimum absolute atomic E-state index is 0. The Morgan fingerprint density at radius 2 is 0.333 bits per heavy atom. The Balaban J connectivity index is 0. The number of halogens is 5. The first-order chi connectivity index (χ1) is 0. The van der Waals surface area contributed by atoms with Gasteiger partial charge in [0.1, 0.15) is 0 Å². The van der Waals surface area contributed by atoms with Crippen LogP contribution in [0.5, 0.6) is 0 Å². The fourth-order valence-corrected chi connectivity index (χ4v) is 0. The maximum absolute atomic E-state index is 0. The summed E-state index contributed by atoms with van der Waals surface area (Å²) in [5.74, 6) is 0. The van der Waals surface area contributed by atoms with Gasteiger partial charge in [0, 0.05) is 32.3 Å². The van der Waals surface area contributed by atoms with Gasteiger partial charge >= 0.3 is 0 Å². The van der Waals surface area contributed by atoms with Crippen LogP contribution in [0.2, 0.25) is 0 Å². The van der Waals surface area contributed by atoms with Crippen molar-refractivity contribution in [2.75, 3.05) is 0 Å². The van der Waals surface area contributed by atoms with Crippen molar-refractivity contribution < 1.29 is 117 Å². The molecule has 0 aromatic rings. The van der Waals surface area contributed by atoms with Gasteiger partial charge in [0.05, 0.1) is 0 Å². The van der Waals surface area contributed by atoms with Crippen LogP contribution >= 0.6 is 0 Å². The molecule has 43 valence electrons. The van der Waals surface area contributed by atoms with Crippen molar-refractivity contribution in [3.8, 4) is 0 Å². The Morgan fingerprint density at radius 3 is 0.333 bits per heavy atom. The zero-order valence-corrected chi connectivity index (χ0v) is 15.2. The van der Waals surface area contributed by atoms with Gasteiger partial charge in [0.15, 0.2) is 0 Å². The molecular formula is Br5Pa-5. The number of hydrogen-bond donors (Lipinski definition) is 0. The second kappa shape index (κ2) is 39.1. The second-order valence-electron chi connectivity index (χ2n) is 0. The van der Waals surface area contributed by atoms with Crippen LogP contribution in [-0.2, 0) is 0 Å². The monoisotopic (exact) mass is 626 g/mol. The molecule has 0 atom stereocenters. The summed E-state index contributed by atoms with van der Waals surface area (Å²) < 4.78 is 0. The Kier molecular flexibility index (Phi) is 366. The van der Waals surface area contributed by atoms with Gasteiger partial charge in [-0.25, -0.2) is 0 Å². The van der Waals surface area contributed by atoms with Crippen LogP contribution in [-0.4, -0.2) is 0 Å². The van der Waals surface area contributed by atoms with Crippen LogP contribution in [0.15, 0.2) is 0 Å². The van der Waals surface area contributed by atoms with Gasteiger partial charge in [-0.15, -0.1) is 0 Å². The SMILES string of the molecule is [Br-].[Br-].[Br-].[Br-].[Br-].[Pa]. The van der Waals surface area contributed by atoms with Crippen molar-refractivity contribution in [2.45, 2.75) is 0 Å². The summed E-state index contributed by atoms with van der Waals surface area (Å²) in [6, 6.07) is 0. The molecule has 0 amide bonds. The molecular weight excluding hydrogens is 631 g/mol. The average molecular weight is 631 g/mol. The molecule has 0 unspecified atom stereocenters. The van der Waals surface area contributed by atoms with Gasteiger partial charge < -0.3 is 84.9 Å². The van der Waals surface area contributed by atoms with Gasteiger partial charge in [-0.2, -0.15) is 0 Å². The first-order valence-electron chi connectivity index (χ1n) is 0. The van der Waals surface area contributed by atoms with E-state index in [1.54, 1.807) is 0 Å². The molecule has 0 bridgehead atoms. The zero-order valence-electron chi connectivity index (χ0n) is 2.47. The first-order valence-corrected chi connectivity index (χ1v) is 0. The minimum Gasteiger partial charge on any atom is -1.00 e. The standard InChI is InChI=1S/5BrH.Pa/h5*1H;/p-5. The molecule has 0 aliphatic heterocycles. The van der Waals surface area contributed by atoms with E-state index >= 15 is 0 Å². The van der Waals surface area contributed by atoms with E-state index in [2.05, 4.69) is 0 Å². The normalized spacial score (nSPS) is 0. The maximum atomic E-state index is 0.